The molecule has 0 radical (unpaired) electrons. The zero-order valence-corrected chi connectivity index (χ0v) is 10.3. The van der Waals surface area contributed by atoms with E-state index in [1.807, 2.05) is 14.0 Å². The number of hydrogen-bond acceptors (Lipinski definition) is 4. The van der Waals surface area contributed by atoms with Crippen LogP contribution >= 0.6 is 0 Å². The van der Waals surface area contributed by atoms with Crippen LogP contribution in [0.5, 0.6) is 0 Å². The molecule has 1 fully saturated rings. The van der Waals surface area contributed by atoms with Crippen molar-refractivity contribution in [2.24, 2.45) is 0 Å². The molecule has 0 bridgehead atoms. The minimum atomic E-state index is -0.0376. The summed E-state index contributed by atoms with van der Waals surface area (Å²) in [4.78, 5) is 22.2. The SMILES string of the molecule is Cc1cnc(C(=O)N(C)C2CCNCC2)cn1. The van der Waals surface area contributed by atoms with E-state index in [1.165, 1.54) is 0 Å². The van der Waals surface area contributed by atoms with Crippen molar-refractivity contribution in [1.82, 2.24) is 20.2 Å². The van der Waals surface area contributed by atoms with Crippen molar-refractivity contribution in [2.75, 3.05) is 20.1 Å². The number of amides is 1. The first kappa shape index (κ1) is 12.0. The van der Waals surface area contributed by atoms with Crippen molar-refractivity contribution in [3.05, 3.63) is 23.8 Å². The average molecular weight is 234 g/mol. The second-order valence-corrected chi connectivity index (χ2v) is 4.44. The van der Waals surface area contributed by atoms with Crippen LogP contribution in [0.4, 0.5) is 0 Å². The molecule has 1 aliphatic rings. The zero-order chi connectivity index (χ0) is 12.3. The van der Waals surface area contributed by atoms with Crippen LogP contribution in [0.1, 0.15) is 29.0 Å². The summed E-state index contributed by atoms with van der Waals surface area (Å²) in [5.41, 5.74) is 1.25. The summed E-state index contributed by atoms with van der Waals surface area (Å²) < 4.78 is 0. The fourth-order valence-corrected chi connectivity index (χ4v) is 2.04. The molecule has 0 aromatic carbocycles. The quantitative estimate of drug-likeness (QED) is 0.814. The van der Waals surface area contributed by atoms with Gasteiger partial charge < -0.3 is 10.2 Å². The van der Waals surface area contributed by atoms with Crippen LogP contribution in [0.25, 0.3) is 0 Å². The predicted molar refractivity (Wildman–Crippen MR) is 64.8 cm³/mol. The van der Waals surface area contributed by atoms with Gasteiger partial charge in [-0.15, -0.1) is 0 Å². The summed E-state index contributed by atoms with van der Waals surface area (Å²) >= 11 is 0. The Bertz CT molecular complexity index is 384. The van der Waals surface area contributed by atoms with Crippen molar-refractivity contribution in [3.8, 4) is 0 Å². The van der Waals surface area contributed by atoms with E-state index in [-0.39, 0.29) is 5.91 Å². The number of aromatic nitrogens is 2. The van der Waals surface area contributed by atoms with Crippen LogP contribution in [-0.2, 0) is 0 Å². The number of aryl methyl sites for hydroxylation is 1. The molecular formula is C12H18N4O. The maximum absolute atomic E-state index is 12.2. The van der Waals surface area contributed by atoms with E-state index in [1.54, 1.807) is 17.3 Å². The van der Waals surface area contributed by atoms with Gasteiger partial charge in [-0.05, 0) is 32.9 Å². The Morgan fingerprint density at radius 1 is 1.35 bits per heavy atom. The minimum Gasteiger partial charge on any atom is -0.337 e. The highest BCUT2D eigenvalue weighted by Gasteiger charge is 2.23. The number of piperidine rings is 1. The monoisotopic (exact) mass is 234 g/mol. The van der Waals surface area contributed by atoms with Crippen LogP contribution in [0.15, 0.2) is 12.4 Å². The van der Waals surface area contributed by atoms with Gasteiger partial charge in [-0.2, -0.15) is 0 Å². The Kier molecular flexibility index (Phi) is 3.68. The second kappa shape index (κ2) is 5.23. The maximum atomic E-state index is 12.2. The topological polar surface area (TPSA) is 58.1 Å². The fourth-order valence-electron chi connectivity index (χ4n) is 2.04. The summed E-state index contributed by atoms with van der Waals surface area (Å²) in [6, 6.07) is 0.312. The number of carbonyl (C=O) groups excluding carboxylic acids is 1. The largest absolute Gasteiger partial charge is 0.337 e. The van der Waals surface area contributed by atoms with Crippen molar-refractivity contribution in [2.45, 2.75) is 25.8 Å². The van der Waals surface area contributed by atoms with E-state index >= 15 is 0 Å². The van der Waals surface area contributed by atoms with Gasteiger partial charge in [-0.3, -0.25) is 9.78 Å². The van der Waals surface area contributed by atoms with Crippen LogP contribution in [0, 0.1) is 6.92 Å². The first-order chi connectivity index (χ1) is 8.18. The summed E-state index contributed by atoms with van der Waals surface area (Å²) in [5, 5.41) is 3.29. The molecule has 5 nitrogen and oxygen atoms in total. The number of hydrogen-bond donors (Lipinski definition) is 1. The zero-order valence-electron chi connectivity index (χ0n) is 10.3. The van der Waals surface area contributed by atoms with Crippen LogP contribution in [0.2, 0.25) is 0 Å². The number of nitrogens with zero attached hydrogens (tertiary/aromatic N) is 3. The van der Waals surface area contributed by atoms with Gasteiger partial charge in [-0.25, -0.2) is 4.98 Å². The average Bonchev–Trinajstić information content (AvgIpc) is 2.39. The van der Waals surface area contributed by atoms with Gasteiger partial charge in [-0.1, -0.05) is 0 Å². The molecule has 17 heavy (non-hydrogen) atoms. The molecule has 0 aliphatic carbocycles. The number of carbonyl (C=O) groups is 1. The lowest BCUT2D eigenvalue weighted by Crippen LogP contribution is -2.44. The molecule has 2 rings (SSSR count). The van der Waals surface area contributed by atoms with Crippen molar-refractivity contribution in [1.29, 1.82) is 0 Å². The van der Waals surface area contributed by atoms with Gasteiger partial charge in [0.05, 0.1) is 11.9 Å². The van der Waals surface area contributed by atoms with E-state index in [0.717, 1.165) is 31.6 Å². The molecular weight excluding hydrogens is 216 g/mol. The Morgan fingerprint density at radius 3 is 2.65 bits per heavy atom. The molecule has 1 aromatic heterocycles. The molecule has 1 saturated heterocycles. The van der Waals surface area contributed by atoms with E-state index in [2.05, 4.69) is 15.3 Å². The molecule has 0 spiro atoms. The molecule has 92 valence electrons. The van der Waals surface area contributed by atoms with Gasteiger partial charge >= 0.3 is 0 Å². The van der Waals surface area contributed by atoms with Crippen LogP contribution < -0.4 is 5.32 Å². The highest BCUT2D eigenvalue weighted by molar-refractivity contribution is 5.92. The molecule has 2 heterocycles. The van der Waals surface area contributed by atoms with Crippen molar-refractivity contribution >= 4 is 5.91 Å². The molecule has 1 aliphatic heterocycles. The predicted octanol–water partition coefficient (Wildman–Crippen LogP) is 0.609. The highest BCUT2D eigenvalue weighted by Crippen LogP contribution is 2.12. The lowest BCUT2D eigenvalue weighted by molar-refractivity contribution is 0.0697. The van der Waals surface area contributed by atoms with Crippen LogP contribution in [0.3, 0.4) is 0 Å². The Balaban J connectivity index is 2.05. The van der Waals surface area contributed by atoms with Crippen molar-refractivity contribution < 1.29 is 4.79 Å². The standard InChI is InChI=1S/C12H18N4O/c1-9-7-15-11(8-14-9)12(17)16(2)10-3-5-13-6-4-10/h7-8,10,13H,3-6H2,1-2H3. The first-order valence-corrected chi connectivity index (χ1v) is 5.95. The highest BCUT2D eigenvalue weighted by atomic mass is 16.2. The van der Waals surface area contributed by atoms with E-state index < -0.39 is 0 Å². The minimum absolute atomic E-state index is 0.0376. The van der Waals surface area contributed by atoms with Gasteiger partial charge in [0.2, 0.25) is 0 Å². The Hall–Kier alpha value is -1.49. The van der Waals surface area contributed by atoms with E-state index in [0.29, 0.717) is 11.7 Å². The summed E-state index contributed by atoms with van der Waals surface area (Å²) in [6.45, 7) is 3.81. The smallest absolute Gasteiger partial charge is 0.274 e. The lowest BCUT2D eigenvalue weighted by atomic mass is 10.1. The third-order valence-corrected chi connectivity index (χ3v) is 3.18. The molecule has 0 atom stereocenters. The van der Waals surface area contributed by atoms with Gasteiger partial charge in [0.15, 0.2) is 0 Å². The second-order valence-electron chi connectivity index (χ2n) is 4.44. The summed E-state index contributed by atoms with van der Waals surface area (Å²) in [6.07, 6.45) is 5.18. The number of rotatable bonds is 2. The number of nitrogens with one attached hydrogen (secondary N) is 1. The first-order valence-electron chi connectivity index (χ1n) is 5.95. The summed E-state index contributed by atoms with van der Waals surface area (Å²) in [5.74, 6) is -0.0376. The Morgan fingerprint density at radius 2 is 2.06 bits per heavy atom. The molecule has 1 amide bonds. The summed E-state index contributed by atoms with van der Waals surface area (Å²) in [7, 11) is 1.85. The molecule has 1 N–H and O–H groups in total. The molecule has 5 heteroatoms. The molecule has 1 aromatic rings. The van der Waals surface area contributed by atoms with Crippen molar-refractivity contribution in [3.63, 3.8) is 0 Å². The maximum Gasteiger partial charge on any atom is 0.274 e. The third-order valence-electron chi connectivity index (χ3n) is 3.18. The normalized spacial score (nSPS) is 16.8. The van der Waals surface area contributed by atoms with E-state index in [4.69, 9.17) is 0 Å². The Labute approximate surface area is 101 Å². The van der Waals surface area contributed by atoms with E-state index in [9.17, 15) is 4.79 Å². The van der Waals surface area contributed by atoms with Gasteiger partial charge in [0.1, 0.15) is 5.69 Å². The third kappa shape index (κ3) is 2.79. The molecule has 0 saturated carbocycles. The lowest BCUT2D eigenvalue weighted by Gasteiger charge is -2.31. The fraction of sp³-hybridized carbons (Fsp3) is 0.583. The molecule has 0 unspecified atom stereocenters. The van der Waals surface area contributed by atoms with Gasteiger partial charge in [0.25, 0.3) is 5.91 Å². The van der Waals surface area contributed by atoms with Gasteiger partial charge in [0, 0.05) is 19.3 Å². The van der Waals surface area contributed by atoms with Crippen LogP contribution in [-0.4, -0.2) is 47.0 Å².